The quantitative estimate of drug-likeness (QED) is 0.466. The Hall–Kier alpha value is -4.20. The van der Waals surface area contributed by atoms with Crippen LogP contribution in [0.25, 0.3) is 0 Å². The predicted molar refractivity (Wildman–Crippen MR) is 113 cm³/mol. The van der Waals surface area contributed by atoms with Crippen LogP contribution in [0.4, 0.5) is 17.1 Å². The molecule has 30 heavy (non-hydrogen) atoms. The average molecular weight is 405 g/mol. The number of benzene rings is 3. The van der Waals surface area contributed by atoms with E-state index in [4.69, 9.17) is 4.74 Å². The molecule has 0 heterocycles. The van der Waals surface area contributed by atoms with Crippen LogP contribution in [0.15, 0.2) is 66.7 Å². The van der Waals surface area contributed by atoms with Crippen LogP contribution < -0.4 is 15.4 Å². The summed E-state index contributed by atoms with van der Waals surface area (Å²) < 4.78 is 5.08. The van der Waals surface area contributed by atoms with E-state index in [1.54, 1.807) is 62.6 Å². The van der Waals surface area contributed by atoms with Gasteiger partial charge in [0.1, 0.15) is 5.75 Å². The molecule has 0 aliphatic rings. The topological polar surface area (TPSA) is 111 Å². The Morgan fingerprint density at radius 3 is 1.87 bits per heavy atom. The molecule has 0 spiro atoms. The van der Waals surface area contributed by atoms with Crippen LogP contribution in [0.1, 0.15) is 26.3 Å². The smallest absolute Gasteiger partial charge is 0.273 e. The standard InChI is InChI=1S/C22H19N3O5/c1-14-3-4-16(13-20(14)25(28)29)22(27)24-17-7-5-15(6-8-17)21(26)23-18-9-11-19(30-2)12-10-18/h3-13H,1-2H3,(H,23,26)(H,24,27). The molecule has 8 nitrogen and oxygen atoms in total. The van der Waals surface area contributed by atoms with Crippen molar-refractivity contribution in [2.45, 2.75) is 6.92 Å². The summed E-state index contributed by atoms with van der Waals surface area (Å²) in [6.07, 6.45) is 0. The normalized spacial score (nSPS) is 10.2. The molecule has 0 unspecified atom stereocenters. The van der Waals surface area contributed by atoms with E-state index in [9.17, 15) is 19.7 Å². The predicted octanol–water partition coefficient (Wildman–Crippen LogP) is 4.42. The first-order chi connectivity index (χ1) is 14.4. The number of aryl methyl sites for hydroxylation is 1. The average Bonchev–Trinajstić information content (AvgIpc) is 2.74. The maximum atomic E-state index is 12.4. The molecule has 3 aromatic rings. The fourth-order valence-corrected chi connectivity index (χ4v) is 2.73. The molecular weight excluding hydrogens is 386 g/mol. The zero-order chi connectivity index (χ0) is 21.7. The highest BCUT2D eigenvalue weighted by Crippen LogP contribution is 2.21. The lowest BCUT2D eigenvalue weighted by molar-refractivity contribution is -0.385. The van der Waals surface area contributed by atoms with Gasteiger partial charge in [0.15, 0.2) is 0 Å². The third-order valence-electron chi connectivity index (χ3n) is 4.42. The SMILES string of the molecule is COc1ccc(NC(=O)c2ccc(NC(=O)c3ccc(C)c([N+](=O)[O-])c3)cc2)cc1. The molecule has 0 fully saturated rings. The Bertz CT molecular complexity index is 1090. The maximum absolute atomic E-state index is 12.4. The zero-order valence-electron chi connectivity index (χ0n) is 16.3. The summed E-state index contributed by atoms with van der Waals surface area (Å²) in [7, 11) is 1.56. The first kappa shape index (κ1) is 20.5. The molecule has 2 amide bonds. The highest BCUT2D eigenvalue weighted by Gasteiger charge is 2.15. The molecule has 0 aliphatic heterocycles. The lowest BCUT2D eigenvalue weighted by Gasteiger charge is -2.08. The van der Waals surface area contributed by atoms with Gasteiger partial charge in [0.05, 0.1) is 12.0 Å². The number of rotatable bonds is 6. The number of nitrogens with one attached hydrogen (secondary N) is 2. The number of methoxy groups -OCH3 is 1. The molecule has 0 bridgehead atoms. The van der Waals surface area contributed by atoms with Crippen molar-refractivity contribution in [3.05, 3.63) is 93.5 Å². The van der Waals surface area contributed by atoms with Crippen LogP contribution in [0.5, 0.6) is 5.75 Å². The Kier molecular flexibility index (Phi) is 6.07. The number of hydrogen-bond donors (Lipinski definition) is 2. The van der Waals surface area contributed by atoms with Crippen LogP contribution in [0.2, 0.25) is 0 Å². The Morgan fingerprint density at radius 2 is 1.33 bits per heavy atom. The number of hydrogen-bond acceptors (Lipinski definition) is 5. The lowest BCUT2D eigenvalue weighted by atomic mass is 10.1. The van der Waals surface area contributed by atoms with E-state index in [0.29, 0.717) is 28.3 Å². The number of carbonyl (C=O) groups is 2. The highest BCUT2D eigenvalue weighted by molar-refractivity contribution is 6.06. The van der Waals surface area contributed by atoms with E-state index in [2.05, 4.69) is 10.6 Å². The van der Waals surface area contributed by atoms with Gasteiger partial charge in [0.2, 0.25) is 0 Å². The van der Waals surface area contributed by atoms with Crippen molar-refractivity contribution in [2.75, 3.05) is 17.7 Å². The van der Waals surface area contributed by atoms with Gasteiger partial charge in [-0.15, -0.1) is 0 Å². The van der Waals surface area contributed by atoms with E-state index in [1.165, 1.54) is 18.2 Å². The third kappa shape index (κ3) is 4.79. The van der Waals surface area contributed by atoms with Gasteiger partial charge >= 0.3 is 0 Å². The second-order valence-corrected chi connectivity index (χ2v) is 6.47. The Balaban J connectivity index is 1.66. The third-order valence-corrected chi connectivity index (χ3v) is 4.42. The summed E-state index contributed by atoms with van der Waals surface area (Å²) in [4.78, 5) is 35.3. The molecule has 0 radical (unpaired) electrons. The van der Waals surface area contributed by atoms with E-state index in [0.717, 1.165) is 0 Å². The molecule has 152 valence electrons. The van der Waals surface area contributed by atoms with E-state index >= 15 is 0 Å². The van der Waals surface area contributed by atoms with Gasteiger partial charge < -0.3 is 15.4 Å². The number of carbonyl (C=O) groups excluding carboxylic acids is 2. The van der Waals surface area contributed by atoms with Gasteiger partial charge in [0.25, 0.3) is 17.5 Å². The van der Waals surface area contributed by atoms with E-state index in [-0.39, 0.29) is 17.2 Å². The zero-order valence-corrected chi connectivity index (χ0v) is 16.3. The van der Waals surface area contributed by atoms with Crippen molar-refractivity contribution in [1.29, 1.82) is 0 Å². The van der Waals surface area contributed by atoms with Crippen LogP contribution >= 0.6 is 0 Å². The molecule has 0 saturated carbocycles. The minimum absolute atomic E-state index is 0.117. The fourth-order valence-electron chi connectivity index (χ4n) is 2.73. The Morgan fingerprint density at radius 1 is 0.833 bits per heavy atom. The van der Waals surface area contributed by atoms with Crippen LogP contribution in [0, 0.1) is 17.0 Å². The molecular formula is C22H19N3O5. The van der Waals surface area contributed by atoms with Gasteiger partial charge in [-0.2, -0.15) is 0 Å². The molecule has 0 atom stereocenters. The van der Waals surface area contributed by atoms with Crippen molar-refractivity contribution < 1.29 is 19.2 Å². The Labute approximate surface area is 172 Å². The molecule has 8 heteroatoms. The summed E-state index contributed by atoms with van der Waals surface area (Å²) in [5.41, 5.74) is 2.03. The first-order valence-corrected chi connectivity index (χ1v) is 8.99. The summed E-state index contributed by atoms with van der Waals surface area (Å²) in [6, 6.07) is 17.5. The van der Waals surface area contributed by atoms with Crippen molar-refractivity contribution >= 4 is 28.9 Å². The summed E-state index contributed by atoms with van der Waals surface area (Å²) in [6.45, 7) is 1.61. The molecule has 3 rings (SSSR count). The monoisotopic (exact) mass is 405 g/mol. The number of ether oxygens (including phenoxy) is 1. The summed E-state index contributed by atoms with van der Waals surface area (Å²) in [5, 5.41) is 16.5. The van der Waals surface area contributed by atoms with Crippen LogP contribution in [0.3, 0.4) is 0 Å². The van der Waals surface area contributed by atoms with Gasteiger partial charge in [0, 0.05) is 34.1 Å². The van der Waals surface area contributed by atoms with Crippen molar-refractivity contribution in [3.63, 3.8) is 0 Å². The van der Waals surface area contributed by atoms with Crippen molar-refractivity contribution in [2.24, 2.45) is 0 Å². The molecule has 0 aliphatic carbocycles. The van der Waals surface area contributed by atoms with Gasteiger partial charge in [-0.05, 0) is 61.5 Å². The second-order valence-electron chi connectivity index (χ2n) is 6.47. The highest BCUT2D eigenvalue weighted by atomic mass is 16.6. The van der Waals surface area contributed by atoms with Crippen molar-refractivity contribution in [1.82, 2.24) is 0 Å². The minimum Gasteiger partial charge on any atom is -0.497 e. The lowest BCUT2D eigenvalue weighted by Crippen LogP contribution is -2.14. The molecule has 0 aromatic heterocycles. The summed E-state index contributed by atoms with van der Waals surface area (Å²) >= 11 is 0. The first-order valence-electron chi connectivity index (χ1n) is 8.99. The van der Waals surface area contributed by atoms with Crippen molar-refractivity contribution in [3.8, 4) is 5.75 Å². The van der Waals surface area contributed by atoms with Gasteiger partial charge in [-0.1, -0.05) is 6.07 Å². The largest absolute Gasteiger partial charge is 0.497 e. The number of anilines is 2. The molecule has 3 aromatic carbocycles. The second kappa shape index (κ2) is 8.87. The van der Waals surface area contributed by atoms with E-state index in [1.807, 2.05) is 0 Å². The number of nitro benzene ring substituents is 1. The van der Waals surface area contributed by atoms with Gasteiger partial charge in [-0.3, -0.25) is 19.7 Å². The molecule has 0 saturated heterocycles. The number of nitro groups is 1. The van der Waals surface area contributed by atoms with E-state index < -0.39 is 10.8 Å². The minimum atomic E-state index is -0.525. The fraction of sp³-hybridized carbons (Fsp3) is 0.0909. The summed E-state index contributed by atoms with van der Waals surface area (Å²) in [5.74, 6) is -0.0901. The number of amides is 2. The van der Waals surface area contributed by atoms with Crippen LogP contribution in [-0.2, 0) is 0 Å². The van der Waals surface area contributed by atoms with Gasteiger partial charge in [-0.25, -0.2) is 0 Å². The molecule has 2 N–H and O–H groups in total. The maximum Gasteiger partial charge on any atom is 0.273 e. The number of nitrogens with zero attached hydrogens (tertiary/aromatic N) is 1. The van der Waals surface area contributed by atoms with Crippen LogP contribution in [-0.4, -0.2) is 23.8 Å².